The molecule has 0 N–H and O–H groups in total. The van der Waals surface area contributed by atoms with Crippen LogP contribution in [-0.4, -0.2) is 10.5 Å². The van der Waals surface area contributed by atoms with Crippen molar-refractivity contribution in [1.82, 2.24) is 4.57 Å². The van der Waals surface area contributed by atoms with E-state index in [-0.39, 0.29) is 17.9 Å². The van der Waals surface area contributed by atoms with Crippen molar-refractivity contribution in [2.75, 3.05) is 0 Å². The third-order valence-electron chi connectivity index (χ3n) is 2.40. The second-order valence-corrected chi connectivity index (χ2v) is 3.70. The predicted molar refractivity (Wildman–Crippen MR) is 48.1 cm³/mol. The molecule has 1 aromatic heterocycles. The quantitative estimate of drug-likeness (QED) is 0.615. The topological polar surface area (TPSA) is 31.2 Å². The van der Waals surface area contributed by atoms with Gasteiger partial charge in [0.2, 0.25) is 0 Å². The Hall–Kier alpha value is -1.25. The highest BCUT2D eigenvalue weighted by atomic mass is 16.5. The summed E-state index contributed by atoms with van der Waals surface area (Å²) >= 11 is 0. The summed E-state index contributed by atoms with van der Waals surface area (Å²) in [5.41, 5.74) is 1.08. The van der Waals surface area contributed by atoms with E-state index in [2.05, 4.69) is 0 Å². The normalized spacial score (nSPS) is 21.5. The van der Waals surface area contributed by atoms with E-state index in [1.807, 2.05) is 36.7 Å². The van der Waals surface area contributed by atoms with Crippen LogP contribution in [0.2, 0.25) is 0 Å². The minimum Gasteiger partial charge on any atom is -0.458 e. The molecular weight excluding hydrogens is 166 g/mol. The fourth-order valence-electron chi connectivity index (χ4n) is 1.76. The third kappa shape index (κ3) is 1.24. The van der Waals surface area contributed by atoms with Crippen LogP contribution >= 0.6 is 0 Å². The monoisotopic (exact) mass is 179 g/mol. The van der Waals surface area contributed by atoms with Crippen LogP contribution < -0.4 is 0 Å². The Morgan fingerprint density at radius 1 is 1.62 bits per heavy atom. The number of fused-ring (bicyclic) bond motifs is 1. The van der Waals surface area contributed by atoms with Gasteiger partial charge < -0.3 is 9.30 Å². The van der Waals surface area contributed by atoms with Crippen molar-refractivity contribution in [3.05, 3.63) is 24.0 Å². The van der Waals surface area contributed by atoms with Crippen LogP contribution in [0.1, 0.15) is 25.6 Å². The van der Waals surface area contributed by atoms with Gasteiger partial charge >= 0.3 is 5.97 Å². The van der Waals surface area contributed by atoms with Gasteiger partial charge in [-0.3, -0.25) is 0 Å². The lowest BCUT2D eigenvalue weighted by atomic mass is 10.0. The van der Waals surface area contributed by atoms with Crippen molar-refractivity contribution in [3.63, 3.8) is 0 Å². The summed E-state index contributed by atoms with van der Waals surface area (Å²) in [5, 5.41) is 0. The van der Waals surface area contributed by atoms with E-state index in [0.717, 1.165) is 5.69 Å². The molecule has 2 rings (SSSR count). The second kappa shape index (κ2) is 2.91. The van der Waals surface area contributed by atoms with E-state index in [9.17, 15) is 4.79 Å². The molecular formula is C10H13NO2. The average molecular weight is 179 g/mol. The summed E-state index contributed by atoms with van der Waals surface area (Å²) in [6, 6.07) is 3.80. The van der Waals surface area contributed by atoms with Crippen LogP contribution in [-0.2, 0) is 16.1 Å². The van der Waals surface area contributed by atoms with Gasteiger partial charge in [-0.15, -0.1) is 0 Å². The molecule has 1 aliphatic heterocycles. The first-order valence-corrected chi connectivity index (χ1v) is 4.52. The summed E-state index contributed by atoms with van der Waals surface area (Å²) < 4.78 is 7.09. The molecule has 0 aliphatic carbocycles. The van der Waals surface area contributed by atoms with E-state index in [1.165, 1.54) is 0 Å². The summed E-state index contributed by atoms with van der Waals surface area (Å²) in [5.74, 6) is 0.164. The second-order valence-electron chi connectivity index (χ2n) is 3.70. The SMILES string of the molecule is CC(C)[C@H]1C(=O)OCc2cccn21. The lowest BCUT2D eigenvalue weighted by Gasteiger charge is -2.27. The van der Waals surface area contributed by atoms with Crippen molar-refractivity contribution >= 4 is 5.97 Å². The number of esters is 1. The first-order valence-electron chi connectivity index (χ1n) is 4.52. The molecule has 3 nitrogen and oxygen atoms in total. The van der Waals surface area contributed by atoms with Crippen molar-refractivity contribution in [3.8, 4) is 0 Å². The molecule has 0 saturated carbocycles. The highest BCUT2D eigenvalue weighted by molar-refractivity contribution is 5.75. The molecule has 1 atom stereocenters. The smallest absolute Gasteiger partial charge is 0.329 e. The van der Waals surface area contributed by atoms with E-state index in [0.29, 0.717) is 6.61 Å². The molecule has 0 fully saturated rings. The number of ether oxygens (including phenoxy) is 1. The van der Waals surface area contributed by atoms with Crippen molar-refractivity contribution in [2.24, 2.45) is 5.92 Å². The molecule has 3 heteroatoms. The Labute approximate surface area is 77.3 Å². The van der Waals surface area contributed by atoms with Crippen LogP contribution in [0.25, 0.3) is 0 Å². The molecule has 2 heterocycles. The van der Waals surface area contributed by atoms with Gasteiger partial charge in [0, 0.05) is 6.20 Å². The minimum atomic E-state index is -0.140. The molecule has 1 aliphatic rings. The Kier molecular flexibility index (Phi) is 1.87. The maximum absolute atomic E-state index is 11.5. The lowest BCUT2D eigenvalue weighted by molar-refractivity contribution is -0.153. The standard InChI is InChI=1S/C10H13NO2/c1-7(2)9-10(12)13-6-8-4-3-5-11(8)9/h3-5,7,9H,6H2,1-2H3/t9-/m0/s1. The molecule has 13 heavy (non-hydrogen) atoms. The molecule has 70 valence electrons. The van der Waals surface area contributed by atoms with Gasteiger partial charge in [0.1, 0.15) is 12.6 Å². The molecule has 0 spiro atoms. The zero-order valence-corrected chi connectivity index (χ0v) is 7.86. The van der Waals surface area contributed by atoms with Gasteiger partial charge in [-0.25, -0.2) is 4.79 Å². The molecule has 1 aromatic rings. The number of carbonyl (C=O) groups is 1. The summed E-state index contributed by atoms with van der Waals surface area (Å²) in [4.78, 5) is 11.5. The molecule has 0 amide bonds. The minimum absolute atomic E-state index is 0.112. The Balaban J connectivity index is 2.42. The summed E-state index contributed by atoms with van der Waals surface area (Å²) in [6.45, 7) is 4.47. The van der Waals surface area contributed by atoms with E-state index in [1.54, 1.807) is 0 Å². The Bertz CT molecular complexity index is 327. The number of carbonyl (C=O) groups excluding carboxylic acids is 1. The highest BCUT2D eigenvalue weighted by Gasteiger charge is 2.30. The van der Waals surface area contributed by atoms with Crippen LogP contribution in [0.3, 0.4) is 0 Å². The Morgan fingerprint density at radius 3 is 3.08 bits per heavy atom. The van der Waals surface area contributed by atoms with Gasteiger partial charge in [-0.2, -0.15) is 0 Å². The Morgan fingerprint density at radius 2 is 2.38 bits per heavy atom. The van der Waals surface area contributed by atoms with Gasteiger partial charge in [0.25, 0.3) is 0 Å². The molecule has 0 bridgehead atoms. The van der Waals surface area contributed by atoms with Gasteiger partial charge in [-0.1, -0.05) is 13.8 Å². The largest absolute Gasteiger partial charge is 0.458 e. The zero-order chi connectivity index (χ0) is 9.42. The third-order valence-corrected chi connectivity index (χ3v) is 2.40. The summed E-state index contributed by atoms with van der Waals surface area (Å²) in [7, 11) is 0. The first-order chi connectivity index (χ1) is 6.20. The number of nitrogens with zero attached hydrogens (tertiary/aromatic N) is 1. The fraction of sp³-hybridized carbons (Fsp3) is 0.500. The lowest BCUT2D eigenvalue weighted by Crippen LogP contribution is -2.31. The average Bonchev–Trinajstić information content (AvgIpc) is 2.50. The molecule has 0 radical (unpaired) electrons. The number of aromatic nitrogens is 1. The maximum Gasteiger partial charge on any atom is 0.329 e. The van der Waals surface area contributed by atoms with Gasteiger partial charge in [-0.05, 0) is 18.1 Å². The predicted octanol–water partition coefficient (Wildman–Crippen LogP) is 1.74. The highest BCUT2D eigenvalue weighted by Crippen LogP contribution is 2.26. The number of hydrogen-bond donors (Lipinski definition) is 0. The van der Waals surface area contributed by atoms with Crippen LogP contribution in [0.4, 0.5) is 0 Å². The molecule has 0 aromatic carbocycles. The van der Waals surface area contributed by atoms with Crippen molar-refractivity contribution < 1.29 is 9.53 Å². The first kappa shape index (κ1) is 8.35. The van der Waals surface area contributed by atoms with Gasteiger partial charge in [0.15, 0.2) is 0 Å². The molecule has 0 unspecified atom stereocenters. The van der Waals surface area contributed by atoms with Gasteiger partial charge in [0.05, 0.1) is 5.69 Å². The van der Waals surface area contributed by atoms with E-state index in [4.69, 9.17) is 4.74 Å². The van der Waals surface area contributed by atoms with Crippen molar-refractivity contribution in [2.45, 2.75) is 26.5 Å². The zero-order valence-electron chi connectivity index (χ0n) is 7.86. The van der Waals surface area contributed by atoms with Crippen molar-refractivity contribution in [1.29, 1.82) is 0 Å². The van der Waals surface area contributed by atoms with E-state index < -0.39 is 0 Å². The van der Waals surface area contributed by atoms with Crippen LogP contribution in [0, 0.1) is 5.92 Å². The number of hydrogen-bond acceptors (Lipinski definition) is 2. The van der Waals surface area contributed by atoms with Crippen LogP contribution in [0.15, 0.2) is 18.3 Å². The summed E-state index contributed by atoms with van der Waals surface area (Å²) in [6.07, 6.45) is 1.94. The van der Waals surface area contributed by atoms with Crippen LogP contribution in [0.5, 0.6) is 0 Å². The fourth-order valence-corrected chi connectivity index (χ4v) is 1.76. The van der Waals surface area contributed by atoms with E-state index >= 15 is 0 Å². The number of cyclic esters (lactones) is 1. The molecule has 0 saturated heterocycles. The maximum atomic E-state index is 11.5. The number of rotatable bonds is 1.